The van der Waals surface area contributed by atoms with Crippen molar-refractivity contribution in [2.24, 2.45) is 0 Å². The second-order valence-corrected chi connectivity index (χ2v) is 10.9. The first-order valence-electron chi connectivity index (χ1n) is 5.58. The van der Waals surface area contributed by atoms with E-state index < -0.39 is 8.32 Å². The molecule has 0 spiro atoms. The van der Waals surface area contributed by atoms with Crippen LogP contribution in [0.5, 0.6) is 0 Å². The number of rotatable bonds is 4. The minimum Gasteiger partial charge on any atom is -0.414 e. The van der Waals surface area contributed by atoms with Gasteiger partial charge in [0, 0.05) is 17.6 Å². The molecule has 0 aliphatic carbocycles. The van der Waals surface area contributed by atoms with Crippen molar-refractivity contribution in [1.82, 2.24) is 0 Å². The Morgan fingerprint density at radius 2 is 1.87 bits per heavy atom. The van der Waals surface area contributed by atoms with E-state index in [1.54, 1.807) is 0 Å². The van der Waals surface area contributed by atoms with Crippen LogP contribution in [0.25, 0.3) is 0 Å². The topological polar surface area (TPSA) is 9.23 Å². The first-order chi connectivity index (χ1) is 6.60. The minimum absolute atomic E-state index is 0.217. The van der Waals surface area contributed by atoms with Crippen LogP contribution in [-0.4, -0.2) is 14.4 Å². The summed E-state index contributed by atoms with van der Waals surface area (Å²) < 4.78 is 6.19. The maximum atomic E-state index is 6.19. The van der Waals surface area contributed by atoms with Gasteiger partial charge in [0.2, 0.25) is 0 Å². The minimum atomic E-state index is -1.63. The molecule has 0 bridgehead atoms. The molecule has 1 nitrogen and oxygen atoms in total. The molecule has 0 aromatic carbocycles. The third-order valence-electron chi connectivity index (χ3n) is 3.10. The Morgan fingerprint density at radius 1 is 1.40 bits per heavy atom. The lowest BCUT2D eigenvalue weighted by molar-refractivity contribution is 0.201. The SMILES string of the molecule is C/C=C(\Cl)CC(C)O[Si](C)(C)C(C)(C)C. The quantitative estimate of drug-likeness (QED) is 0.641. The lowest BCUT2D eigenvalue weighted by Crippen LogP contribution is -2.43. The molecular formula is C12H25ClOSi. The number of allylic oxidation sites excluding steroid dienone is 1. The zero-order chi connectivity index (χ0) is 12.3. The first kappa shape index (κ1) is 15.2. The van der Waals surface area contributed by atoms with Gasteiger partial charge in [-0.1, -0.05) is 38.4 Å². The molecule has 0 saturated heterocycles. The molecule has 0 aliphatic heterocycles. The molecule has 0 amide bonds. The van der Waals surface area contributed by atoms with E-state index in [0.717, 1.165) is 11.5 Å². The van der Waals surface area contributed by atoms with Gasteiger partial charge in [-0.3, -0.25) is 0 Å². The maximum absolute atomic E-state index is 6.19. The standard InChI is InChI=1S/C12H25ClOSi/c1-8-11(13)9-10(2)14-15(6,7)12(3,4)5/h8,10H,9H2,1-7H3/b11-8-. The van der Waals surface area contributed by atoms with Gasteiger partial charge in [-0.05, 0) is 32.0 Å². The van der Waals surface area contributed by atoms with Crippen molar-refractivity contribution in [1.29, 1.82) is 0 Å². The van der Waals surface area contributed by atoms with Crippen LogP contribution >= 0.6 is 11.6 Å². The highest BCUT2D eigenvalue weighted by Crippen LogP contribution is 2.37. The van der Waals surface area contributed by atoms with Crippen LogP contribution in [0.4, 0.5) is 0 Å². The van der Waals surface area contributed by atoms with Crippen LogP contribution < -0.4 is 0 Å². The molecule has 0 saturated carbocycles. The van der Waals surface area contributed by atoms with Crippen LogP contribution in [0.2, 0.25) is 18.1 Å². The lowest BCUT2D eigenvalue weighted by Gasteiger charge is -2.38. The predicted molar refractivity (Wildman–Crippen MR) is 72.0 cm³/mol. The molecule has 0 radical (unpaired) electrons. The maximum Gasteiger partial charge on any atom is 0.192 e. The van der Waals surface area contributed by atoms with Crippen molar-refractivity contribution in [2.75, 3.05) is 0 Å². The van der Waals surface area contributed by atoms with Crippen LogP contribution in [0.15, 0.2) is 11.1 Å². The van der Waals surface area contributed by atoms with Crippen LogP contribution in [0.3, 0.4) is 0 Å². The van der Waals surface area contributed by atoms with Gasteiger partial charge in [-0.25, -0.2) is 0 Å². The fourth-order valence-corrected chi connectivity index (χ4v) is 2.77. The smallest absolute Gasteiger partial charge is 0.192 e. The van der Waals surface area contributed by atoms with Gasteiger partial charge >= 0.3 is 0 Å². The summed E-state index contributed by atoms with van der Waals surface area (Å²) in [6, 6.07) is 0. The van der Waals surface area contributed by atoms with Gasteiger partial charge in [-0.2, -0.15) is 0 Å². The Bertz CT molecular complexity index is 228. The lowest BCUT2D eigenvalue weighted by atomic mass is 10.2. The average molecular weight is 249 g/mol. The monoisotopic (exact) mass is 248 g/mol. The summed E-state index contributed by atoms with van der Waals surface area (Å²) in [5.41, 5.74) is 0. The molecule has 0 fully saturated rings. The number of hydrogen-bond acceptors (Lipinski definition) is 1. The zero-order valence-electron chi connectivity index (χ0n) is 11.1. The molecule has 1 atom stereocenters. The number of halogens is 1. The van der Waals surface area contributed by atoms with Gasteiger partial charge in [0.25, 0.3) is 0 Å². The Kier molecular flexibility index (Phi) is 5.59. The number of hydrogen-bond donors (Lipinski definition) is 0. The van der Waals surface area contributed by atoms with Crippen molar-refractivity contribution in [3.63, 3.8) is 0 Å². The van der Waals surface area contributed by atoms with E-state index in [9.17, 15) is 0 Å². The third kappa shape index (κ3) is 5.18. The predicted octanol–water partition coefficient (Wildman–Crippen LogP) is 4.93. The van der Waals surface area contributed by atoms with Crippen molar-refractivity contribution in [3.05, 3.63) is 11.1 Å². The van der Waals surface area contributed by atoms with E-state index in [-0.39, 0.29) is 11.1 Å². The average Bonchev–Trinajstić information content (AvgIpc) is 2.00. The molecule has 0 heterocycles. The van der Waals surface area contributed by atoms with Crippen molar-refractivity contribution >= 4 is 19.9 Å². The highest BCUT2D eigenvalue weighted by molar-refractivity contribution is 6.74. The van der Waals surface area contributed by atoms with E-state index in [1.807, 2.05) is 13.0 Å². The van der Waals surface area contributed by atoms with Crippen LogP contribution in [-0.2, 0) is 4.43 Å². The second kappa shape index (κ2) is 5.51. The highest BCUT2D eigenvalue weighted by atomic mass is 35.5. The fourth-order valence-electron chi connectivity index (χ4n) is 1.11. The van der Waals surface area contributed by atoms with E-state index in [2.05, 4.69) is 40.8 Å². The Balaban J connectivity index is 4.35. The summed E-state index contributed by atoms with van der Waals surface area (Å²) in [4.78, 5) is 0. The summed E-state index contributed by atoms with van der Waals surface area (Å²) in [5.74, 6) is 0. The van der Waals surface area contributed by atoms with Gasteiger partial charge in [0.05, 0.1) is 0 Å². The largest absolute Gasteiger partial charge is 0.414 e. The molecule has 3 heteroatoms. The summed E-state index contributed by atoms with van der Waals surface area (Å²) in [6.45, 7) is 15.4. The van der Waals surface area contributed by atoms with Crippen molar-refractivity contribution in [2.45, 2.75) is 65.3 Å². The van der Waals surface area contributed by atoms with Gasteiger partial charge in [0.15, 0.2) is 8.32 Å². The van der Waals surface area contributed by atoms with E-state index in [4.69, 9.17) is 16.0 Å². The van der Waals surface area contributed by atoms with E-state index >= 15 is 0 Å². The van der Waals surface area contributed by atoms with Crippen molar-refractivity contribution in [3.8, 4) is 0 Å². The summed E-state index contributed by atoms with van der Waals surface area (Å²) in [5, 5.41) is 1.16. The second-order valence-electron chi connectivity index (χ2n) is 5.63. The first-order valence-corrected chi connectivity index (χ1v) is 8.87. The van der Waals surface area contributed by atoms with Crippen LogP contribution in [0.1, 0.15) is 41.0 Å². The third-order valence-corrected chi connectivity index (χ3v) is 8.07. The molecule has 15 heavy (non-hydrogen) atoms. The Labute approximate surface area is 101 Å². The molecule has 1 unspecified atom stereocenters. The molecular weight excluding hydrogens is 224 g/mol. The van der Waals surface area contributed by atoms with Gasteiger partial charge < -0.3 is 4.43 Å². The van der Waals surface area contributed by atoms with Crippen LogP contribution in [0, 0.1) is 0 Å². The van der Waals surface area contributed by atoms with Gasteiger partial charge in [-0.15, -0.1) is 0 Å². The molecule has 0 rings (SSSR count). The van der Waals surface area contributed by atoms with E-state index in [1.165, 1.54) is 0 Å². The highest BCUT2D eigenvalue weighted by Gasteiger charge is 2.38. The molecule has 0 aromatic rings. The molecule has 90 valence electrons. The summed E-state index contributed by atoms with van der Waals surface area (Å²) >= 11 is 6.00. The normalized spacial score (nSPS) is 16.7. The summed E-state index contributed by atoms with van der Waals surface area (Å²) in [6.07, 6.45) is 2.98. The van der Waals surface area contributed by atoms with Gasteiger partial charge in [0.1, 0.15) is 0 Å². The zero-order valence-corrected chi connectivity index (χ0v) is 12.9. The summed E-state index contributed by atoms with van der Waals surface area (Å²) in [7, 11) is -1.63. The van der Waals surface area contributed by atoms with Crippen molar-refractivity contribution < 1.29 is 4.43 Å². The molecule has 0 aromatic heterocycles. The Hall–Kier alpha value is 0.207. The molecule has 0 aliphatic rings. The Morgan fingerprint density at radius 3 is 2.20 bits per heavy atom. The van der Waals surface area contributed by atoms with E-state index in [0.29, 0.717) is 0 Å². The molecule has 0 N–H and O–H groups in total. The fraction of sp³-hybridized carbons (Fsp3) is 0.833.